The quantitative estimate of drug-likeness (QED) is 0.612. The SMILES string of the molecule is CCCC[C@@H](C)[N+]1(C[C@H](C)O)C=NC2=C1NC=N[C@H]2CO. The van der Waals surface area contributed by atoms with Crippen LogP contribution in [0.2, 0.25) is 0 Å². The van der Waals surface area contributed by atoms with Crippen molar-refractivity contribution < 1.29 is 14.7 Å². The molecule has 0 bridgehead atoms. The van der Waals surface area contributed by atoms with Gasteiger partial charge in [0.05, 0.1) is 19.0 Å². The molecule has 3 N–H and O–H groups in total. The highest BCUT2D eigenvalue weighted by Crippen LogP contribution is 2.33. The Hall–Kier alpha value is -1.24. The molecule has 2 aliphatic rings. The molecule has 1 unspecified atom stereocenters. The lowest BCUT2D eigenvalue weighted by molar-refractivity contribution is -0.826. The average Bonchev–Trinajstić information content (AvgIpc) is 2.84. The summed E-state index contributed by atoms with van der Waals surface area (Å²) in [4.78, 5) is 8.75. The summed E-state index contributed by atoms with van der Waals surface area (Å²) >= 11 is 0. The third-order valence-electron chi connectivity index (χ3n) is 4.33. The van der Waals surface area contributed by atoms with Gasteiger partial charge in [0, 0.05) is 6.42 Å². The Morgan fingerprint density at radius 1 is 1.43 bits per heavy atom. The van der Waals surface area contributed by atoms with E-state index >= 15 is 0 Å². The second kappa shape index (κ2) is 6.68. The Balaban J connectivity index is 2.33. The monoisotopic (exact) mass is 295 g/mol. The minimum Gasteiger partial charge on any atom is -0.394 e. The number of hydrogen-bond acceptors (Lipinski definition) is 5. The molecule has 0 aromatic rings. The first-order chi connectivity index (χ1) is 10.0. The first-order valence-electron chi connectivity index (χ1n) is 7.79. The van der Waals surface area contributed by atoms with Crippen molar-refractivity contribution in [1.82, 2.24) is 5.32 Å². The number of quaternary nitrogens is 1. The molecule has 0 saturated heterocycles. The van der Waals surface area contributed by atoms with Gasteiger partial charge < -0.3 is 10.2 Å². The maximum Gasteiger partial charge on any atom is 0.237 e. The van der Waals surface area contributed by atoms with Crippen LogP contribution in [0.25, 0.3) is 0 Å². The van der Waals surface area contributed by atoms with Gasteiger partial charge in [-0.25, -0.2) is 4.48 Å². The Morgan fingerprint density at radius 3 is 2.81 bits per heavy atom. The van der Waals surface area contributed by atoms with E-state index in [1.54, 1.807) is 13.3 Å². The highest BCUT2D eigenvalue weighted by Gasteiger charge is 2.46. The summed E-state index contributed by atoms with van der Waals surface area (Å²) in [5.41, 5.74) is 0.795. The van der Waals surface area contributed by atoms with Crippen LogP contribution >= 0.6 is 0 Å². The van der Waals surface area contributed by atoms with Gasteiger partial charge in [-0.2, -0.15) is 4.99 Å². The van der Waals surface area contributed by atoms with Gasteiger partial charge in [-0.15, -0.1) is 0 Å². The van der Waals surface area contributed by atoms with Gasteiger partial charge in [0.1, 0.15) is 18.7 Å². The molecule has 0 radical (unpaired) electrons. The fraction of sp³-hybridized carbons (Fsp3) is 0.733. The molecule has 0 aromatic heterocycles. The molecule has 0 spiro atoms. The number of nitrogens with one attached hydrogen (secondary N) is 1. The van der Waals surface area contributed by atoms with Crippen LogP contribution < -0.4 is 5.32 Å². The second-order valence-electron chi connectivity index (χ2n) is 6.05. The number of aliphatic hydroxyl groups excluding tert-OH is 2. The predicted molar refractivity (Wildman–Crippen MR) is 83.8 cm³/mol. The molecule has 2 aliphatic heterocycles. The first-order valence-corrected chi connectivity index (χ1v) is 7.79. The van der Waals surface area contributed by atoms with Crippen LogP contribution in [0.15, 0.2) is 21.5 Å². The molecule has 6 nitrogen and oxygen atoms in total. The van der Waals surface area contributed by atoms with Gasteiger partial charge in [-0.1, -0.05) is 13.3 Å². The largest absolute Gasteiger partial charge is 0.394 e. The van der Waals surface area contributed by atoms with Crippen molar-refractivity contribution >= 4 is 12.7 Å². The Morgan fingerprint density at radius 2 is 2.19 bits per heavy atom. The molecule has 0 saturated carbocycles. The molecule has 4 atom stereocenters. The van der Waals surface area contributed by atoms with Crippen molar-refractivity contribution in [2.75, 3.05) is 13.2 Å². The fourth-order valence-corrected chi connectivity index (χ4v) is 3.15. The van der Waals surface area contributed by atoms with E-state index in [1.807, 2.05) is 6.34 Å². The van der Waals surface area contributed by atoms with Crippen molar-refractivity contribution in [1.29, 1.82) is 0 Å². The average molecular weight is 295 g/mol. The van der Waals surface area contributed by atoms with E-state index in [4.69, 9.17) is 0 Å². The van der Waals surface area contributed by atoms with Gasteiger partial charge >= 0.3 is 0 Å². The molecule has 0 amide bonds. The zero-order valence-corrected chi connectivity index (χ0v) is 13.2. The molecule has 2 rings (SSSR count). The van der Waals surface area contributed by atoms with Gasteiger partial charge in [-0.05, 0) is 20.3 Å². The molecule has 118 valence electrons. The number of aliphatic hydroxyl groups is 2. The highest BCUT2D eigenvalue weighted by molar-refractivity contribution is 5.65. The summed E-state index contributed by atoms with van der Waals surface area (Å²) in [6.45, 7) is 6.71. The van der Waals surface area contributed by atoms with E-state index in [2.05, 4.69) is 29.1 Å². The van der Waals surface area contributed by atoms with Crippen molar-refractivity contribution in [2.45, 2.75) is 58.2 Å². The van der Waals surface area contributed by atoms with E-state index in [0.29, 0.717) is 17.1 Å². The minimum atomic E-state index is -0.430. The zero-order valence-electron chi connectivity index (χ0n) is 13.2. The van der Waals surface area contributed by atoms with Crippen LogP contribution in [-0.4, -0.2) is 58.7 Å². The maximum absolute atomic E-state index is 9.95. The lowest BCUT2D eigenvalue weighted by Gasteiger charge is -2.39. The minimum absolute atomic E-state index is 0.0492. The summed E-state index contributed by atoms with van der Waals surface area (Å²) < 4.78 is 0.509. The van der Waals surface area contributed by atoms with Crippen LogP contribution in [0.3, 0.4) is 0 Å². The van der Waals surface area contributed by atoms with Crippen molar-refractivity contribution in [2.24, 2.45) is 9.98 Å². The standard InChI is InChI=1S/C15H27N4O2/c1-4-5-6-11(2)19(7-12(3)21)10-18-14-13(8-20)16-9-17-15(14)19/h9-13,20-21H,4-8H2,1-3H3,(H,16,17)/q+1/t11-,12+,13+,19?/m1/s1. The molecule has 6 heteroatoms. The predicted octanol–water partition coefficient (Wildman–Crippen LogP) is 0.966. The Bertz CT molecular complexity index is 459. The third-order valence-corrected chi connectivity index (χ3v) is 4.33. The van der Waals surface area contributed by atoms with E-state index in [-0.39, 0.29) is 12.6 Å². The van der Waals surface area contributed by atoms with Crippen LogP contribution in [-0.2, 0) is 0 Å². The molecule has 0 aromatic carbocycles. The number of hydrogen-bond donors (Lipinski definition) is 3. The third kappa shape index (κ3) is 3.02. The van der Waals surface area contributed by atoms with Crippen molar-refractivity contribution in [3.8, 4) is 0 Å². The maximum atomic E-state index is 9.95. The lowest BCUT2D eigenvalue weighted by Crippen LogP contribution is -2.57. The molecule has 2 heterocycles. The first kappa shape index (κ1) is 16.1. The smallest absolute Gasteiger partial charge is 0.237 e. The van der Waals surface area contributed by atoms with Crippen molar-refractivity contribution in [3.63, 3.8) is 0 Å². The number of nitrogens with zero attached hydrogens (tertiary/aromatic N) is 3. The summed E-state index contributed by atoms with van der Waals surface area (Å²) in [5.74, 6) is 0.952. The number of rotatable bonds is 7. The summed E-state index contributed by atoms with van der Waals surface area (Å²) in [7, 11) is 0. The second-order valence-corrected chi connectivity index (χ2v) is 6.05. The molecule has 0 fully saturated rings. The van der Waals surface area contributed by atoms with E-state index < -0.39 is 6.10 Å². The van der Waals surface area contributed by atoms with Crippen molar-refractivity contribution in [3.05, 3.63) is 11.5 Å². The van der Waals surface area contributed by atoms with Gasteiger partial charge in [0.15, 0.2) is 12.0 Å². The van der Waals surface area contributed by atoms with Crippen LogP contribution in [0.1, 0.15) is 40.0 Å². The summed E-state index contributed by atoms with van der Waals surface area (Å²) in [6.07, 6.45) is 6.47. The summed E-state index contributed by atoms with van der Waals surface area (Å²) in [6, 6.07) is 0.0130. The Kier molecular flexibility index (Phi) is 5.13. The van der Waals surface area contributed by atoms with Gasteiger partial charge in [0.2, 0.25) is 5.82 Å². The Labute approximate surface area is 126 Å². The molecule has 21 heavy (non-hydrogen) atoms. The van der Waals surface area contributed by atoms with Gasteiger partial charge in [0.25, 0.3) is 0 Å². The number of unbranched alkanes of at least 4 members (excludes halogenated alkanes) is 1. The molecule has 0 aliphatic carbocycles. The summed E-state index contributed by atoms with van der Waals surface area (Å²) in [5, 5.41) is 22.6. The van der Waals surface area contributed by atoms with E-state index in [9.17, 15) is 10.2 Å². The lowest BCUT2D eigenvalue weighted by atomic mass is 10.1. The fourth-order valence-electron chi connectivity index (χ4n) is 3.15. The number of aliphatic imine (C=N–C) groups is 2. The highest BCUT2D eigenvalue weighted by atomic mass is 16.3. The topological polar surface area (TPSA) is 77.2 Å². The molecular weight excluding hydrogens is 268 g/mol. The van der Waals surface area contributed by atoms with E-state index in [0.717, 1.165) is 30.8 Å². The van der Waals surface area contributed by atoms with Crippen LogP contribution in [0, 0.1) is 0 Å². The van der Waals surface area contributed by atoms with Crippen LogP contribution in [0.4, 0.5) is 0 Å². The molecular formula is C15H27N4O2+. The zero-order chi connectivity index (χ0) is 15.5. The van der Waals surface area contributed by atoms with Crippen LogP contribution in [0.5, 0.6) is 0 Å². The van der Waals surface area contributed by atoms with E-state index in [1.165, 1.54) is 0 Å². The normalized spacial score (nSPS) is 30.2. The van der Waals surface area contributed by atoms with Gasteiger partial charge in [-0.3, -0.25) is 10.3 Å².